The molecule has 1 aliphatic carbocycles. The van der Waals surface area contributed by atoms with Crippen LogP contribution >= 0.6 is 33.0 Å². The van der Waals surface area contributed by atoms with Gasteiger partial charge in [0.05, 0.1) is 0 Å². The predicted octanol–water partition coefficient (Wildman–Crippen LogP) is 5.76. The van der Waals surface area contributed by atoms with Crippen LogP contribution in [-0.2, 0) is 24.2 Å². The van der Waals surface area contributed by atoms with Crippen LogP contribution in [0.1, 0.15) is 20.3 Å². The largest absolute Gasteiger partial charge is 0.358 e. The predicted molar refractivity (Wildman–Crippen MR) is 96.4 cm³/mol. The SMILES string of the molecule is C[C](C)=[Zr].Cl.Cl.[C-]1=CC=CC1.[CH3-].[CH3-].[CH3-].[c-]1ccc[pH]1. The van der Waals surface area contributed by atoms with E-state index < -0.39 is 0 Å². The minimum Gasteiger partial charge on any atom is -0.358 e. The zero-order valence-electron chi connectivity index (χ0n) is 12.5. The normalized spacial score (nSPS) is 8.47. The summed E-state index contributed by atoms with van der Waals surface area (Å²) in [5.74, 6) is 5.11. The van der Waals surface area contributed by atoms with Gasteiger partial charge >= 0.3 is 41.3 Å². The van der Waals surface area contributed by atoms with Crippen LogP contribution in [0.15, 0.2) is 36.2 Å². The average Bonchev–Trinajstić information content (AvgIpc) is 2.83. The van der Waals surface area contributed by atoms with E-state index in [0.29, 0.717) is 0 Å². The fourth-order valence-electron chi connectivity index (χ4n) is 0.581. The van der Waals surface area contributed by atoms with Crippen molar-refractivity contribution in [1.29, 1.82) is 0 Å². The average molecular weight is 399 g/mol. The first kappa shape index (κ1) is 36.7. The maximum Gasteiger partial charge on any atom is -0.109 e. The van der Waals surface area contributed by atoms with Crippen LogP contribution < -0.4 is 0 Å². The number of hydrogen-bond acceptors (Lipinski definition) is 0. The topological polar surface area (TPSA) is 0 Å². The van der Waals surface area contributed by atoms with Crippen molar-refractivity contribution in [2.75, 3.05) is 0 Å². The first-order valence-electron chi connectivity index (χ1n) is 4.46. The zero-order valence-corrected chi connectivity index (χ0v) is 17.6. The van der Waals surface area contributed by atoms with E-state index in [0.717, 1.165) is 14.6 Å². The summed E-state index contributed by atoms with van der Waals surface area (Å²) in [7, 11) is 0.823. The van der Waals surface area contributed by atoms with Crippen molar-refractivity contribution in [3.63, 3.8) is 0 Å². The Labute approximate surface area is 150 Å². The Morgan fingerprint density at radius 1 is 1.16 bits per heavy atom. The Morgan fingerprint density at radius 3 is 1.79 bits per heavy atom. The molecule has 1 heterocycles. The molecule has 0 aromatic carbocycles. The molecular formula is C15H26Cl2PZr-5. The molecule has 1 aromatic rings. The number of rotatable bonds is 0. The van der Waals surface area contributed by atoms with Crippen LogP contribution in [-0.4, -0.2) is 3.21 Å². The van der Waals surface area contributed by atoms with Gasteiger partial charge < -0.3 is 22.3 Å². The van der Waals surface area contributed by atoms with E-state index in [1.54, 1.807) is 24.2 Å². The van der Waals surface area contributed by atoms with Crippen LogP contribution in [0, 0.1) is 34.2 Å². The third kappa shape index (κ3) is 45.6. The molecule has 0 saturated carbocycles. The molecule has 0 aliphatic heterocycles. The molecule has 0 N–H and O–H groups in total. The van der Waals surface area contributed by atoms with Crippen molar-refractivity contribution in [1.82, 2.24) is 0 Å². The molecule has 19 heavy (non-hydrogen) atoms. The van der Waals surface area contributed by atoms with Crippen molar-refractivity contribution in [2.45, 2.75) is 20.3 Å². The maximum atomic E-state index is 3.01. The first-order valence-corrected chi connectivity index (χ1v) is 6.77. The summed E-state index contributed by atoms with van der Waals surface area (Å²) in [6.45, 7) is 4.25. The van der Waals surface area contributed by atoms with Gasteiger partial charge in [0, 0.05) is 0 Å². The van der Waals surface area contributed by atoms with Gasteiger partial charge in [0.2, 0.25) is 0 Å². The standard InChI is InChI=1S/C5H5.C4H4P.C3H6.3CH3.2ClH.Zr/c2*1-2-4-5-3-1;1-3-2;;;;;;/h1-3H,4H2;1-3,5H;1-2H3;3*1H3;2*1H;/q2*-1;;3*-1;;;. The van der Waals surface area contributed by atoms with Gasteiger partial charge in [-0.25, -0.2) is 18.2 Å². The molecule has 1 aliphatic rings. The fourth-order valence-corrected chi connectivity index (χ4v) is 1.06. The van der Waals surface area contributed by atoms with Gasteiger partial charge in [-0.3, -0.25) is 14.3 Å². The fraction of sp³-hybridized carbons (Fsp3) is 0.200. The van der Waals surface area contributed by atoms with E-state index in [-0.39, 0.29) is 47.1 Å². The molecular weight excluding hydrogens is 373 g/mol. The van der Waals surface area contributed by atoms with Crippen molar-refractivity contribution < 1.29 is 24.2 Å². The molecule has 0 nitrogen and oxygen atoms in total. The minimum atomic E-state index is 0. The first-order chi connectivity index (χ1) is 6.73. The Balaban J connectivity index is -0.0000000297. The van der Waals surface area contributed by atoms with E-state index in [1.807, 2.05) is 24.3 Å². The van der Waals surface area contributed by atoms with E-state index >= 15 is 0 Å². The van der Waals surface area contributed by atoms with E-state index in [2.05, 4.69) is 37.6 Å². The van der Waals surface area contributed by atoms with Gasteiger partial charge in [-0.2, -0.15) is 23.7 Å². The summed E-state index contributed by atoms with van der Waals surface area (Å²) in [5, 5.41) is 0. The molecule has 1 aromatic heterocycles. The van der Waals surface area contributed by atoms with Crippen LogP contribution in [0.4, 0.5) is 0 Å². The van der Waals surface area contributed by atoms with Crippen LogP contribution in [0.3, 0.4) is 0 Å². The number of halogens is 2. The van der Waals surface area contributed by atoms with Gasteiger partial charge in [-0.05, 0) is 0 Å². The maximum absolute atomic E-state index is 3.01. The quantitative estimate of drug-likeness (QED) is 0.486. The molecule has 0 amide bonds. The second-order valence-corrected chi connectivity index (χ2v) is 6.19. The molecule has 2 rings (SSSR count). The van der Waals surface area contributed by atoms with Crippen molar-refractivity contribution in [3.8, 4) is 0 Å². The summed E-state index contributed by atoms with van der Waals surface area (Å²) in [6, 6.07) is 3.96. The number of hydrogen-bond donors (Lipinski definition) is 0. The second kappa shape index (κ2) is 31.1. The molecule has 4 heteroatoms. The molecule has 0 bridgehead atoms. The summed E-state index contributed by atoms with van der Waals surface area (Å²) < 4.78 is 1.51. The zero-order chi connectivity index (χ0) is 10.6. The van der Waals surface area contributed by atoms with Crippen LogP contribution in [0.2, 0.25) is 0 Å². The molecule has 0 fully saturated rings. The van der Waals surface area contributed by atoms with E-state index in [1.165, 1.54) is 3.21 Å². The molecule has 0 spiro atoms. The van der Waals surface area contributed by atoms with E-state index in [9.17, 15) is 0 Å². The molecule has 1 atom stereocenters. The molecule has 0 saturated heterocycles. The molecule has 0 radical (unpaired) electrons. The third-order valence-corrected chi connectivity index (χ3v) is 1.72. The summed E-state index contributed by atoms with van der Waals surface area (Å²) in [5.41, 5.74) is 0. The summed E-state index contributed by atoms with van der Waals surface area (Å²) in [4.78, 5) is 0. The van der Waals surface area contributed by atoms with Crippen molar-refractivity contribution in [2.24, 2.45) is 0 Å². The monoisotopic (exact) mass is 397 g/mol. The number of allylic oxidation sites excluding steroid dienone is 4. The van der Waals surface area contributed by atoms with Gasteiger partial charge in [-0.15, -0.1) is 31.2 Å². The Bertz CT molecular complexity index is 249. The van der Waals surface area contributed by atoms with Gasteiger partial charge in [0.15, 0.2) is 0 Å². The molecule has 1 unspecified atom stereocenters. The van der Waals surface area contributed by atoms with Gasteiger partial charge in [0.1, 0.15) is 0 Å². The van der Waals surface area contributed by atoms with Crippen molar-refractivity contribution in [3.05, 3.63) is 70.3 Å². The van der Waals surface area contributed by atoms with Crippen molar-refractivity contribution >= 4 is 36.2 Å². The van der Waals surface area contributed by atoms with Gasteiger partial charge in [0.25, 0.3) is 0 Å². The van der Waals surface area contributed by atoms with Crippen LogP contribution in [0.25, 0.3) is 0 Å². The van der Waals surface area contributed by atoms with Crippen LogP contribution in [0.5, 0.6) is 0 Å². The van der Waals surface area contributed by atoms with E-state index in [4.69, 9.17) is 0 Å². The minimum absolute atomic E-state index is 0. The molecule has 114 valence electrons. The summed E-state index contributed by atoms with van der Waals surface area (Å²) >= 11 is 1.55. The third-order valence-electron chi connectivity index (χ3n) is 1.03. The Kier molecular flexibility index (Phi) is 60.1. The van der Waals surface area contributed by atoms with Gasteiger partial charge in [-0.1, -0.05) is 0 Å². The summed E-state index contributed by atoms with van der Waals surface area (Å²) in [6.07, 6.45) is 10.0. The Hall–Kier alpha value is 0.593. The Morgan fingerprint density at radius 2 is 1.68 bits per heavy atom. The smallest absolute Gasteiger partial charge is 0.109 e. The second-order valence-electron chi connectivity index (χ2n) is 2.82.